The minimum atomic E-state index is -0.0784. The quantitative estimate of drug-likeness (QED) is 0.268. The van der Waals surface area contributed by atoms with E-state index in [-0.39, 0.29) is 5.91 Å². The molecule has 35 heavy (non-hydrogen) atoms. The summed E-state index contributed by atoms with van der Waals surface area (Å²) in [7, 11) is 0. The van der Waals surface area contributed by atoms with Gasteiger partial charge in [-0.05, 0) is 48.4 Å². The Morgan fingerprint density at radius 1 is 1.17 bits per heavy atom. The van der Waals surface area contributed by atoms with Gasteiger partial charge in [-0.15, -0.1) is 0 Å². The number of carbonyl (C=O) groups excluding carboxylic acids is 1. The van der Waals surface area contributed by atoms with Crippen LogP contribution in [0.25, 0.3) is 21.0 Å². The Bertz CT molecular complexity index is 1340. The van der Waals surface area contributed by atoms with Gasteiger partial charge >= 0.3 is 0 Å². The van der Waals surface area contributed by atoms with Gasteiger partial charge in [-0.25, -0.2) is 4.98 Å². The molecular formula is C27H28BrN3O3S. The molecule has 1 amide bonds. The van der Waals surface area contributed by atoms with E-state index in [1.165, 1.54) is 0 Å². The van der Waals surface area contributed by atoms with Crippen molar-refractivity contribution >= 4 is 59.3 Å². The molecule has 1 aliphatic heterocycles. The Morgan fingerprint density at radius 2 is 2.00 bits per heavy atom. The number of thiazole rings is 1. The second-order valence-corrected chi connectivity index (χ2v) is 10.4. The summed E-state index contributed by atoms with van der Waals surface area (Å²) in [5.74, 6) is 0.531. The maximum Gasteiger partial charge on any atom is 0.264 e. The number of rotatable bonds is 8. The first-order chi connectivity index (χ1) is 17.1. The Morgan fingerprint density at radius 3 is 2.83 bits per heavy atom. The zero-order valence-electron chi connectivity index (χ0n) is 19.7. The summed E-state index contributed by atoms with van der Waals surface area (Å²) in [5.41, 5.74) is 1.49. The Hall–Kier alpha value is -2.52. The molecule has 8 heteroatoms. The number of anilines is 1. The summed E-state index contributed by atoms with van der Waals surface area (Å²) in [5, 5.41) is 2.62. The number of morpholine rings is 1. The van der Waals surface area contributed by atoms with Crippen LogP contribution < -0.4 is 9.64 Å². The van der Waals surface area contributed by atoms with E-state index in [1.807, 2.05) is 60.4 Å². The van der Waals surface area contributed by atoms with E-state index in [2.05, 4.69) is 26.9 Å². The molecule has 0 aliphatic carbocycles. The third kappa shape index (κ3) is 5.35. The zero-order chi connectivity index (χ0) is 24.2. The Labute approximate surface area is 217 Å². The van der Waals surface area contributed by atoms with E-state index in [9.17, 15) is 4.79 Å². The van der Waals surface area contributed by atoms with Crippen molar-refractivity contribution in [3.63, 3.8) is 0 Å². The van der Waals surface area contributed by atoms with Crippen molar-refractivity contribution in [1.82, 2.24) is 9.88 Å². The Kier molecular flexibility index (Phi) is 7.63. The summed E-state index contributed by atoms with van der Waals surface area (Å²) >= 11 is 5.09. The highest BCUT2D eigenvalue weighted by Crippen LogP contribution is 2.35. The molecule has 182 valence electrons. The van der Waals surface area contributed by atoms with Crippen molar-refractivity contribution in [2.24, 2.45) is 0 Å². The molecule has 0 atom stereocenters. The van der Waals surface area contributed by atoms with Crippen LogP contribution >= 0.6 is 27.3 Å². The first kappa shape index (κ1) is 24.2. The fourth-order valence-electron chi connectivity index (χ4n) is 4.45. The van der Waals surface area contributed by atoms with Crippen LogP contribution in [0.2, 0.25) is 0 Å². The number of hydrogen-bond acceptors (Lipinski definition) is 6. The van der Waals surface area contributed by atoms with Gasteiger partial charge in [0.05, 0.1) is 35.6 Å². The van der Waals surface area contributed by atoms with Crippen LogP contribution in [-0.2, 0) is 4.74 Å². The largest absolute Gasteiger partial charge is 0.493 e. The number of fused-ring (bicyclic) bond motifs is 2. The van der Waals surface area contributed by atoms with Gasteiger partial charge in [0.1, 0.15) is 5.75 Å². The molecule has 0 radical (unpaired) electrons. The molecule has 0 unspecified atom stereocenters. The molecular weight excluding hydrogens is 526 g/mol. The van der Waals surface area contributed by atoms with Crippen molar-refractivity contribution in [2.45, 2.75) is 13.3 Å². The maximum absolute atomic E-state index is 14.3. The summed E-state index contributed by atoms with van der Waals surface area (Å²) in [6, 6.07) is 17.9. The van der Waals surface area contributed by atoms with E-state index in [1.54, 1.807) is 11.3 Å². The molecule has 1 fully saturated rings. The van der Waals surface area contributed by atoms with Crippen LogP contribution in [0.3, 0.4) is 0 Å². The van der Waals surface area contributed by atoms with Crippen LogP contribution in [0, 0.1) is 0 Å². The molecule has 0 N–H and O–H groups in total. The summed E-state index contributed by atoms with van der Waals surface area (Å²) < 4.78 is 13.5. The topological polar surface area (TPSA) is 54.9 Å². The highest BCUT2D eigenvalue weighted by Gasteiger charge is 2.26. The van der Waals surface area contributed by atoms with Gasteiger partial charge in [0.25, 0.3) is 5.91 Å². The van der Waals surface area contributed by atoms with Crippen LogP contribution in [0.15, 0.2) is 59.1 Å². The number of nitrogens with zero attached hydrogens (tertiary/aromatic N) is 3. The average Bonchev–Trinajstić information content (AvgIpc) is 3.29. The molecule has 0 bridgehead atoms. The van der Waals surface area contributed by atoms with E-state index < -0.39 is 0 Å². The van der Waals surface area contributed by atoms with E-state index in [4.69, 9.17) is 14.5 Å². The SMILES string of the molecule is CCOc1ccc2ccccc2c1C(=O)N(CCCN1CCOCC1)c1nc2ccc(Br)cc2s1. The molecule has 0 saturated carbocycles. The smallest absolute Gasteiger partial charge is 0.264 e. The lowest BCUT2D eigenvalue weighted by molar-refractivity contribution is 0.0376. The summed E-state index contributed by atoms with van der Waals surface area (Å²) in [6.07, 6.45) is 0.847. The molecule has 3 aromatic carbocycles. The summed E-state index contributed by atoms with van der Waals surface area (Å²) in [6.45, 7) is 7.32. The van der Waals surface area contributed by atoms with Gasteiger partial charge in [-0.1, -0.05) is 57.6 Å². The molecule has 2 heterocycles. The van der Waals surface area contributed by atoms with Gasteiger partial charge < -0.3 is 9.47 Å². The highest BCUT2D eigenvalue weighted by atomic mass is 79.9. The lowest BCUT2D eigenvalue weighted by atomic mass is 10.0. The number of ether oxygens (including phenoxy) is 2. The van der Waals surface area contributed by atoms with Gasteiger partial charge in [0.15, 0.2) is 5.13 Å². The number of carbonyl (C=O) groups is 1. The standard InChI is InChI=1S/C27H28BrN3O3S/c1-2-34-23-11-8-19-6-3-4-7-21(19)25(23)26(32)31(13-5-12-30-14-16-33-17-15-30)27-29-22-10-9-20(28)18-24(22)35-27/h3-4,6-11,18H,2,5,12-17H2,1H3. The van der Waals surface area contributed by atoms with Gasteiger partial charge in [-0.3, -0.25) is 14.6 Å². The third-order valence-corrected chi connectivity index (χ3v) is 7.71. The Balaban J connectivity index is 1.52. The molecule has 1 aliphatic rings. The fraction of sp³-hybridized carbons (Fsp3) is 0.333. The maximum atomic E-state index is 14.3. The first-order valence-corrected chi connectivity index (χ1v) is 13.6. The molecule has 5 rings (SSSR count). The monoisotopic (exact) mass is 553 g/mol. The van der Waals surface area contributed by atoms with Crippen LogP contribution in [-0.4, -0.2) is 61.8 Å². The minimum absolute atomic E-state index is 0.0784. The van der Waals surface area contributed by atoms with Crippen molar-refractivity contribution in [3.05, 3.63) is 64.6 Å². The number of halogens is 1. The third-order valence-electron chi connectivity index (χ3n) is 6.18. The van der Waals surface area contributed by atoms with E-state index in [0.29, 0.717) is 29.6 Å². The van der Waals surface area contributed by atoms with Crippen LogP contribution in [0.4, 0.5) is 5.13 Å². The highest BCUT2D eigenvalue weighted by molar-refractivity contribution is 9.10. The van der Waals surface area contributed by atoms with Crippen LogP contribution in [0.5, 0.6) is 5.75 Å². The molecule has 0 spiro atoms. The molecule has 6 nitrogen and oxygen atoms in total. The average molecular weight is 555 g/mol. The lowest BCUT2D eigenvalue weighted by Gasteiger charge is -2.28. The number of aromatic nitrogens is 1. The van der Waals surface area contributed by atoms with E-state index in [0.717, 1.165) is 64.7 Å². The number of amides is 1. The lowest BCUT2D eigenvalue weighted by Crippen LogP contribution is -2.39. The van der Waals surface area contributed by atoms with Gasteiger partial charge in [-0.2, -0.15) is 0 Å². The second kappa shape index (κ2) is 11.0. The zero-order valence-corrected chi connectivity index (χ0v) is 22.1. The first-order valence-electron chi connectivity index (χ1n) is 12.0. The normalized spacial score (nSPS) is 14.5. The molecule has 1 aromatic heterocycles. The van der Waals surface area contributed by atoms with Gasteiger partial charge in [0, 0.05) is 30.7 Å². The predicted molar refractivity (Wildman–Crippen MR) is 146 cm³/mol. The minimum Gasteiger partial charge on any atom is -0.493 e. The van der Waals surface area contributed by atoms with Crippen molar-refractivity contribution in [3.8, 4) is 5.75 Å². The number of hydrogen-bond donors (Lipinski definition) is 0. The van der Waals surface area contributed by atoms with Gasteiger partial charge in [0.2, 0.25) is 0 Å². The second-order valence-electron chi connectivity index (χ2n) is 8.47. The van der Waals surface area contributed by atoms with Crippen LogP contribution in [0.1, 0.15) is 23.7 Å². The van der Waals surface area contributed by atoms with Crippen molar-refractivity contribution < 1.29 is 14.3 Å². The van der Waals surface area contributed by atoms with Crippen molar-refractivity contribution in [1.29, 1.82) is 0 Å². The molecule has 4 aromatic rings. The fourth-order valence-corrected chi connectivity index (χ4v) is 5.99. The summed E-state index contributed by atoms with van der Waals surface area (Å²) in [4.78, 5) is 23.3. The van der Waals surface area contributed by atoms with E-state index >= 15 is 0 Å². The predicted octanol–water partition coefficient (Wildman–Crippen LogP) is 5.98. The molecule has 1 saturated heterocycles. The van der Waals surface area contributed by atoms with Crippen molar-refractivity contribution in [2.75, 3.05) is 50.9 Å². The number of benzene rings is 3.